The minimum absolute atomic E-state index is 0.0800. The summed E-state index contributed by atoms with van der Waals surface area (Å²) in [6.07, 6.45) is -0.406. The fourth-order valence-electron chi connectivity index (χ4n) is 5.02. The van der Waals surface area contributed by atoms with Crippen LogP contribution in [0.15, 0.2) is 84.2 Å². The maximum absolute atomic E-state index is 13.6. The van der Waals surface area contributed by atoms with Crippen molar-refractivity contribution in [2.75, 3.05) is 25.3 Å². The first-order valence-electron chi connectivity index (χ1n) is 14.2. The SMILES string of the molecule is COc1cccc(CNC[C@H](O)[C@H](Cc2ccccc2)NC(=O)c2cccc(C(=O)N3CSC[C@@H]3c3nc(C)cs3)c2)c1. The highest BCUT2D eigenvalue weighted by molar-refractivity contribution is 7.99. The van der Waals surface area contributed by atoms with Crippen LogP contribution in [-0.4, -0.2) is 64.2 Å². The fraction of sp³-hybridized carbons (Fsp3) is 0.303. The molecule has 4 aromatic rings. The summed E-state index contributed by atoms with van der Waals surface area (Å²) in [5.41, 5.74) is 3.80. The number of aliphatic hydroxyl groups excluding tert-OH is 1. The minimum atomic E-state index is -0.858. The van der Waals surface area contributed by atoms with E-state index >= 15 is 0 Å². The molecule has 3 atom stereocenters. The molecule has 1 fully saturated rings. The fourth-order valence-corrected chi connectivity index (χ4v) is 7.20. The van der Waals surface area contributed by atoms with Gasteiger partial charge in [-0.3, -0.25) is 9.59 Å². The Morgan fingerprint density at radius 3 is 2.58 bits per heavy atom. The number of nitrogens with zero attached hydrogens (tertiary/aromatic N) is 2. The smallest absolute Gasteiger partial charge is 0.255 e. The van der Waals surface area contributed by atoms with Gasteiger partial charge in [0, 0.05) is 41.0 Å². The molecule has 1 aliphatic heterocycles. The molecule has 8 nitrogen and oxygen atoms in total. The zero-order chi connectivity index (χ0) is 30.2. The molecule has 1 aromatic heterocycles. The van der Waals surface area contributed by atoms with Crippen molar-refractivity contribution < 1.29 is 19.4 Å². The van der Waals surface area contributed by atoms with Gasteiger partial charge in [-0.25, -0.2) is 4.98 Å². The number of hydrogen-bond donors (Lipinski definition) is 3. The third-order valence-electron chi connectivity index (χ3n) is 7.33. The second-order valence-corrected chi connectivity index (χ2v) is 12.4. The number of methoxy groups -OCH3 is 1. The summed E-state index contributed by atoms with van der Waals surface area (Å²) in [5, 5.41) is 20.5. The van der Waals surface area contributed by atoms with Crippen LogP contribution in [0.1, 0.15) is 48.6 Å². The van der Waals surface area contributed by atoms with E-state index in [0.29, 0.717) is 30.0 Å². The van der Waals surface area contributed by atoms with Crippen LogP contribution in [0.25, 0.3) is 0 Å². The van der Waals surface area contributed by atoms with Gasteiger partial charge < -0.3 is 25.4 Å². The van der Waals surface area contributed by atoms with E-state index in [1.807, 2.05) is 71.8 Å². The van der Waals surface area contributed by atoms with Crippen molar-refractivity contribution in [1.29, 1.82) is 0 Å². The summed E-state index contributed by atoms with van der Waals surface area (Å²) < 4.78 is 5.30. The van der Waals surface area contributed by atoms with E-state index in [1.165, 1.54) is 0 Å². The molecule has 5 rings (SSSR count). The molecular formula is C33H36N4O4S2. The Balaban J connectivity index is 1.27. The zero-order valence-electron chi connectivity index (χ0n) is 24.2. The van der Waals surface area contributed by atoms with Gasteiger partial charge in [0.05, 0.1) is 31.2 Å². The molecule has 1 aliphatic rings. The van der Waals surface area contributed by atoms with Gasteiger partial charge in [-0.15, -0.1) is 23.1 Å². The summed E-state index contributed by atoms with van der Waals surface area (Å²) in [6.45, 7) is 2.77. The Hall–Kier alpha value is -3.70. The number of hydrogen-bond acceptors (Lipinski definition) is 8. The molecule has 43 heavy (non-hydrogen) atoms. The quantitative estimate of drug-likeness (QED) is 0.209. The summed E-state index contributed by atoms with van der Waals surface area (Å²) in [6, 6.07) is 23.7. The molecule has 0 radical (unpaired) electrons. The molecule has 0 unspecified atom stereocenters. The number of aromatic nitrogens is 1. The van der Waals surface area contributed by atoms with E-state index in [0.717, 1.165) is 33.3 Å². The molecule has 224 valence electrons. The molecule has 0 spiro atoms. The maximum atomic E-state index is 13.6. The Morgan fingerprint density at radius 2 is 1.81 bits per heavy atom. The van der Waals surface area contributed by atoms with Crippen LogP contribution in [0.2, 0.25) is 0 Å². The third kappa shape index (κ3) is 8.03. The number of amides is 2. The topological polar surface area (TPSA) is 104 Å². The average molecular weight is 617 g/mol. The Bertz CT molecular complexity index is 1530. The molecule has 10 heteroatoms. The highest BCUT2D eigenvalue weighted by atomic mass is 32.2. The first kappa shape index (κ1) is 30.7. The number of ether oxygens (including phenoxy) is 1. The molecule has 0 bridgehead atoms. The molecule has 3 aromatic carbocycles. The van der Waals surface area contributed by atoms with Crippen molar-refractivity contribution in [3.05, 3.63) is 117 Å². The van der Waals surface area contributed by atoms with Gasteiger partial charge in [0.2, 0.25) is 0 Å². The van der Waals surface area contributed by atoms with E-state index in [2.05, 4.69) is 15.6 Å². The van der Waals surface area contributed by atoms with Gasteiger partial charge in [0.1, 0.15) is 10.8 Å². The van der Waals surface area contributed by atoms with Crippen LogP contribution >= 0.6 is 23.1 Å². The van der Waals surface area contributed by atoms with Crippen LogP contribution in [0.3, 0.4) is 0 Å². The maximum Gasteiger partial charge on any atom is 0.255 e. The number of rotatable bonds is 12. The van der Waals surface area contributed by atoms with Crippen LogP contribution < -0.4 is 15.4 Å². The Labute approximate surface area is 260 Å². The molecule has 3 N–H and O–H groups in total. The number of aliphatic hydroxyl groups is 1. The van der Waals surface area contributed by atoms with Crippen molar-refractivity contribution in [2.45, 2.75) is 38.1 Å². The Kier molecular flexibility index (Phi) is 10.5. The molecule has 2 amide bonds. The van der Waals surface area contributed by atoms with Crippen molar-refractivity contribution in [3.8, 4) is 5.75 Å². The second kappa shape index (κ2) is 14.7. The summed E-state index contributed by atoms with van der Waals surface area (Å²) >= 11 is 3.27. The number of benzene rings is 3. The van der Waals surface area contributed by atoms with E-state index in [1.54, 1.807) is 54.5 Å². The number of aryl methyl sites for hydroxylation is 1. The number of carbonyl (C=O) groups is 2. The summed E-state index contributed by atoms with van der Waals surface area (Å²) in [4.78, 5) is 33.5. The van der Waals surface area contributed by atoms with Crippen LogP contribution in [0.5, 0.6) is 5.75 Å². The predicted octanol–water partition coefficient (Wildman–Crippen LogP) is 4.84. The van der Waals surface area contributed by atoms with Crippen molar-refractivity contribution in [1.82, 2.24) is 20.5 Å². The van der Waals surface area contributed by atoms with Crippen molar-refractivity contribution in [2.24, 2.45) is 0 Å². The standard InChI is InChI=1S/C33H36N4O4S2/c1-22-19-43-32(35-22)29-20-42-21-37(29)33(40)26-12-7-11-25(16-26)31(39)36-28(15-23-8-4-3-5-9-23)30(38)18-34-17-24-10-6-13-27(14-24)41-2/h3-14,16,19,28-30,34,38H,15,17-18,20-21H2,1-2H3,(H,36,39)/t28-,29+,30-/m0/s1. The van der Waals surface area contributed by atoms with Gasteiger partial charge in [0.15, 0.2) is 0 Å². The minimum Gasteiger partial charge on any atom is -0.497 e. The lowest BCUT2D eigenvalue weighted by Crippen LogP contribution is -2.48. The van der Waals surface area contributed by atoms with E-state index in [-0.39, 0.29) is 24.4 Å². The van der Waals surface area contributed by atoms with E-state index < -0.39 is 12.1 Å². The van der Waals surface area contributed by atoms with Crippen molar-refractivity contribution in [3.63, 3.8) is 0 Å². The number of nitrogens with one attached hydrogen (secondary N) is 2. The largest absolute Gasteiger partial charge is 0.497 e. The van der Waals surface area contributed by atoms with Crippen LogP contribution in [0, 0.1) is 6.92 Å². The van der Waals surface area contributed by atoms with Gasteiger partial charge in [0.25, 0.3) is 11.8 Å². The van der Waals surface area contributed by atoms with Gasteiger partial charge >= 0.3 is 0 Å². The predicted molar refractivity (Wildman–Crippen MR) is 172 cm³/mol. The highest BCUT2D eigenvalue weighted by Gasteiger charge is 2.33. The molecule has 0 aliphatic carbocycles. The zero-order valence-corrected chi connectivity index (χ0v) is 25.9. The molecular weight excluding hydrogens is 581 g/mol. The van der Waals surface area contributed by atoms with Gasteiger partial charge in [-0.1, -0.05) is 48.5 Å². The monoisotopic (exact) mass is 616 g/mol. The molecule has 2 heterocycles. The Morgan fingerprint density at radius 1 is 1.05 bits per heavy atom. The lowest BCUT2D eigenvalue weighted by atomic mass is 10.00. The summed E-state index contributed by atoms with van der Waals surface area (Å²) in [5.74, 6) is 1.67. The van der Waals surface area contributed by atoms with E-state index in [4.69, 9.17) is 4.74 Å². The van der Waals surface area contributed by atoms with Crippen LogP contribution in [0.4, 0.5) is 0 Å². The van der Waals surface area contributed by atoms with Gasteiger partial charge in [-0.05, 0) is 54.8 Å². The lowest BCUT2D eigenvalue weighted by molar-refractivity contribution is 0.0746. The molecule has 0 saturated carbocycles. The summed E-state index contributed by atoms with van der Waals surface area (Å²) in [7, 11) is 1.63. The second-order valence-electron chi connectivity index (χ2n) is 10.5. The molecule has 1 saturated heterocycles. The average Bonchev–Trinajstić information content (AvgIpc) is 3.70. The number of carbonyl (C=O) groups excluding carboxylic acids is 2. The normalized spacial score (nSPS) is 16.1. The van der Waals surface area contributed by atoms with E-state index in [9.17, 15) is 14.7 Å². The van der Waals surface area contributed by atoms with Gasteiger partial charge in [-0.2, -0.15) is 0 Å². The number of thiazole rings is 1. The number of thioether (sulfide) groups is 1. The first-order chi connectivity index (χ1) is 20.9. The third-order valence-corrected chi connectivity index (χ3v) is 9.41. The first-order valence-corrected chi connectivity index (χ1v) is 16.2. The highest BCUT2D eigenvalue weighted by Crippen LogP contribution is 2.35. The van der Waals surface area contributed by atoms with Crippen LogP contribution in [-0.2, 0) is 13.0 Å². The van der Waals surface area contributed by atoms with Crippen molar-refractivity contribution >= 4 is 34.9 Å². The lowest BCUT2D eigenvalue weighted by Gasteiger charge is -2.25.